The standard InChI is InChI=1S/C14H9F6N/c15-13(16,17)9-3-1-8(2-4-9)11-6-5-10(21)7-12(11)14(18,19)20/h1-7H,21H2. The number of anilines is 1. The monoisotopic (exact) mass is 305 g/mol. The molecule has 112 valence electrons. The van der Waals surface area contributed by atoms with E-state index in [4.69, 9.17) is 5.73 Å². The van der Waals surface area contributed by atoms with Crippen molar-refractivity contribution < 1.29 is 26.3 Å². The summed E-state index contributed by atoms with van der Waals surface area (Å²) in [5, 5.41) is 0. The zero-order valence-corrected chi connectivity index (χ0v) is 10.4. The number of hydrogen-bond acceptors (Lipinski definition) is 1. The van der Waals surface area contributed by atoms with E-state index in [9.17, 15) is 26.3 Å². The van der Waals surface area contributed by atoms with E-state index >= 15 is 0 Å². The molecule has 21 heavy (non-hydrogen) atoms. The first-order valence-corrected chi connectivity index (χ1v) is 5.73. The minimum Gasteiger partial charge on any atom is -0.399 e. The second-order valence-electron chi connectivity index (χ2n) is 4.38. The molecule has 2 N–H and O–H groups in total. The van der Waals surface area contributed by atoms with Gasteiger partial charge in [0, 0.05) is 5.69 Å². The van der Waals surface area contributed by atoms with Gasteiger partial charge in [-0.05, 0) is 35.4 Å². The second-order valence-corrected chi connectivity index (χ2v) is 4.38. The van der Waals surface area contributed by atoms with Crippen LogP contribution in [0.2, 0.25) is 0 Å². The first kappa shape index (κ1) is 15.2. The third-order valence-electron chi connectivity index (χ3n) is 2.87. The van der Waals surface area contributed by atoms with Crippen molar-refractivity contribution in [3.05, 3.63) is 53.6 Å². The molecule has 0 saturated heterocycles. The molecule has 0 aliphatic heterocycles. The van der Waals surface area contributed by atoms with E-state index in [0.29, 0.717) is 0 Å². The average molecular weight is 305 g/mol. The normalized spacial score (nSPS) is 12.5. The van der Waals surface area contributed by atoms with E-state index < -0.39 is 23.5 Å². The molecule has 7 heteroatoms. The van der Waals surface area contributed by atoms with Gasteiger partial charge in [-0.15, -0.1) is 0 Å². The molecule has 0 heterocycles. The van der Waals surface area contributed by atoms with Crippen LogP contribution in [0.1, 0.15) is 11.1 Å². The number of nitrogen functional groups attached to an aromatic ring is 1. The summed E-state index contributed by atoms with van der Waals surface area (Å²) in [5.74, 6) is 0. The predicted molar refractivity (Wildman–Crippen MR) is 66.3 cm³/mol. The number of halogens is 6. The van der Waals surface area contributed by atoms with Crippen molar-refractivity contribution in [1.29, 1.82) is 0 Å². The van der Waals surface area contributed by atoms with E-state index in [1.165, 1.54) is 6.07 Å². The highest BCUT2D eigenvalue weighted by Crippen LogP contribution is 2.39. The molecule has 0 atom stereocenters. The molecule has 2 aromatic rings. The summed E-state index contributed by atoms with van der Waals surface area (Å²) in [4.78, 5) is 0. The average Bonchev–Trinajstić information content (AvgIpc) is 2.37. The summed E-state index contributed by atoms with van der Waals surface area (Å²) in [7, 11) is 0. The van der Waals surface area contributed by atoms with Crippen LogP contribution in [0, 0.1) is 0 Å². The summed E-state index contributed by atoms with van der Waals surface area (Å²) in [5.41, 5.74) is 3.18. The van der Waals surface area contributed by atoms with Crippen LogP contribution in [0.15, 0.2) is 42.5 Å². The SMILES string of the molecule is Nc1ccc(-c2ccc(C(F)(F)F)cc2)c(C(F)(F)F)c1. The summed E-state index contributed by atoms with van der Waals surface area (Å²) in [6.07, 6.45) is -9.18. The van der Waals surface area contributed by atoms with Crippen molar-refractivity contribution in [2.24, 2.45) is 0 Å². The van der Waals surface area contributed by atoms with Crippen LogP contribution in [0.4, 0.5) is 32.0 Å². The Hall–Kier alpha value is -2.18. The van der Waals surface area contributed by atoms with Crippen molar-refractivity contribution in [2.45, 2.75) is 12.4 Å². The topological polar surface area (TPSA) is 26.0 Å². The third-order valence-corrected chi connectivity index (χ3v) is 2.87. The fourth-order valence-corrected chi connectivity index (χ4v) is 1.89. The summed E-state index contributed by atoms with van der Waals surface area (Å²) in [6, 6.07) is 6.65. The minimum atomic E-state index is -4.65. The summed E-state index contributed by atoms with van der Waals surface area (Å²) in [6.45, 7) is 0. The molecule has 0 aliphatic carbocycles. The molecule has 0 radical (unpaired) electrons. The van der Waals surface area contributed by atoms with Crippen LogP contribution in [-0.2, 0) is 12.4 Å². The Kier molecular flexibility index (Phi) is 3.61. The van der Waals surface area contributed by atoms with E-state index in [0.717, 1.165) is 36.4 Å². The number of alkyl halides is 6. The Labute approximate surface area is 116 Å². The molecular formula is C14H9F6N. The van der Waals surface area contributed by atoms with Gasteiger partial charge in [0.2, 0.25) is 0 Å². The molecule has 0 bridgehead atoms. The summed E-state index contributed by atoms with van der Waals surface area (Å²) >= 11 is 0. The zero-order valence-electron chi connectivity index (χ0n) is 10.4. The van der Waals surface area contributed by atoms with Gasteiger partial charge >= 0.3 is 12.4 Å². The van der Waals surface area contributed by atoms with Crippen LogP contribution >= 0.6 is 0 Å². The molecule has 2 rings (SSSR count). The first-order chi connectivity index (χ1) is 9.59. The van der Waals surface area contributed by atoms with Crippen molar-refractivity contribution in [3.63, 3.8) is 0 Å². The highest BCUT2D eigenvalue weighted by Gasteiger charge is 2.34. The largest absolute Gasteiger partial charge is 0.417 e. The fourth-order valence-electron chi connectivity index (χ4n) is 1.89. The molecule has 0 saturated carbocycles. The minimum absolute atomic E-state index is 0.0373. The van der Waals surface area contributed by atoms with Crippen molar-refractivity contribution in [3.8, 4) is 11.1 Å². The quantitative estimate of drug-likeness (QED) is 0.584. The van der Waals surface area contributed by atoms with Crippen LogP contribution in [-0.4, -0.2) is 0 Å². The molecule has 2 aromatic carbocycles. The molecule has 0 amide bonds. The van der Waals surface area contributed by atoms with Gasteiger partial charge in [-0.2, -0.15) is 26.3 Å². The maximum absolute atomic E-state index is 12.9. The Morgan fingerprint density at radius 3 is 1.76 bits per heavy atom. The molecule has 0 aromatic heterocycles. The van der Waals surface area contributed by atoms with Crippen molar-refractivity contribution >= 4 is 5.69 Å². The molecule has 0 spiro atoms. The summed E-state index contributed by atoms with van der Waals surface area (Å²) < 4.78 is 76.2. The van der Waals surface area contributed by atoms with Gasteiger partial charge in [-0.1, -0.05) is 18.2 Å². The Balaban J connectivity index is 2.52. The van der Waals surface area contributed by atoms with E-state index in [2.05, 4.69) is 0 Å². The molecular weight excluding hydrogens is 296 g/mol. The lowest BCUT2D eigenvalue weighted by Crippen LogP contribution is -2.08. The van der Waals surface area contributed by atoms with Crippen LogP contribution in [0.25, 0.3) is 11.1 Å². The molecule has 0 aliphatic rings. The second kappa shape index (κ2) is 4.98. The van der Waals surface area contributed by atoms with Gasteiger partial charge in [-0.25, -0.2) is 0 Å². The number of nitrogens with two attached hydrogens (primary N) is 1. The van der Waals surface area contributed by atoms with Gasteiger partial charge in [0.25, 0.3) is 0 Å². The molecule has 1 nitrogen and oxygen atoms in total. The lowest BCUT2D eigenvalue weighted by molar-refractivity contribution is -0.138. The third kappa shape index (κ3) is 3.29. The van der Waals surface area contributed by atoms with Gasteiger partial charge in [0.05, 0.1) is 11.1 Å². The number of hydrogen-bond donors (Lipinski definition) is 1. The van der Waals surface area contributed by atoms with Gasteiger partial charge < -0.3 is 5.73 Å². The first-order valence-electron chi connectivity index (χ1n) is 5.73. The molecule has 0 fully saturated rings. The maximum Gasteiger partial charge on any atom is 0.417 e. The van der Waals surface area contributed by atoms with Crippen LogP contribution in [0.3, 0.4) is 0 Å². The lowest BCUT2D eigenvalue weighted by atomic mass is 9.97. The predicted octanol–water partition coefficient (Wildman–Crippen LogP) is 4.97. The number of rotatable bonds is 1. The Morgan fingerprint density at radius 2 is 1.29 bits per heavy atom. The molecule has 0 unspecified atom stereocenters. The van der Waals surface area contributed by atoms with Crippen molar-refractivity contribution in [1.82, 2.24) is 0 Å². The highest BCUT2D eigenvalue weighted by molar-refractivity contribution is 5.70. The number of benzene rings is 2. The van der Waals surface area contributed by atoms with Gasteiger partial charge in [-0.3, -0.25) is 0 Å². The van der Waals surface area contributed by atoms with Gasteiger partial charge in [0.15, 0.2) is 0 Å². The smallest absolute Gasteiger partial charge is 0.399 e. The Morgan fingerprint density at radius 1 is 0.714 bits per heavy atom. The van der Waals surface area contributed by atoms with Gasteiger partial charge in [0.1, 0.15) is 0 Å². The zero-order chi connectivity index (χ0) is 15.8. The van der Waals surface area contributed by atoms with E-state index in [-0.39, 0.29) is 16.8 Å². The van der Waals surface area contributed by atoms with Crippen molar-refractivity contribution in [2.75, 3.05) is 5.73 Å². The Bertz CT molecular complexity index is 640. The van der Waals surface area contributed by atoms with E-state index in [1.807, 2.05) is 0 Å². The maximum atomic E-state index is 12.9. The van der Waals surface area contributed by atoms with Crippen LogP contribution in [0.5, 0.6) is 0 Å². The fraction of sp³-hybridized carbons (Fsp3) is 0.143. The van der Waals surface area contributed by atoms with E-state index in [1.54, 1.807) is 0 Å². The lowest BCUT2D eigenvalue weighted by Gasteiger charge is -2.14. The highest BCUT2D eigenvalue weighted by atomic mass is 19.4. The van der Waals surface area contributed by atoms with Crippen LogP contribution < -0.4 is 5.73 Å².